The van der Waals surface area contributed by atoms with Crippen molar-refractivity contribution < 1.29 is 14.7 Å². The van der Waals surface area contributed by atoms with Crippen molar-refractivity contribution in [2.24, 2.45) is 0 Å². The molecule has 0 unspecified atom stereocenters. The van der Waals surface area contributed by atoms with Gasteiger partial charge in [0.25, 0.3) is 11.8 Å². The van der Waals surface area contributed by atoms with Gasteiger partial charge in [0.1, 0.15) is 5.69 Å². The van der Waals surface area contributed by atoms with Crippen LogP contribution in [-0.4, -0.2) is 45.9 Å². The maximum Gasteiger partial charge on any atom is 0.271 e. The smallest absolute Gasteiger partial charge is 0.271 e. The Hall–Kier alpha value is -2.38. The first-order chi connectivity index (χ1) is 13.4. The van der Waals surface area contributed by atoms with Crippen LogP contribution in [0.25, 0.3) is 0 Å². The van der Waals surface area contributed by atoms with Gasteiger partial charge in [0.05, 0.1) is 12.1 Å². The number of aliphatic hydroxyl groups excluding tert-OH is 1. The number of amides is 2. The molecule has 3 rings (SSSR count). The molecule has 1 aromatic carbocycles. The van der Waals surface area contributed by atoms with E-state index in [0.717, 1.165) is 18.4 Å². The third kappa shape index (κ3) is 4.36. The van der Waals surface area contributed by atoms with Crippen LogP contribution >= 0.6 is 11.6 Å². The number of aromatic nitrogens is 2. The Morgan fingerprint density at radius 2 is 1.89 bits per heavy atom. The molecule has 1 fully saturated rings. The largest absolute Gasteiger partial charge is 0.393 e. The summed E-state index contributed by atoms with van der Waals surface area (Å²) >= 11 is 6.32. The summed E-state index contributed by atoms with van der Waals surface area (Å²) < 4.78 is 1.54. The molecule has 1 aliphatic carbocycles. The Kier molecular flexibility index (Phi) is 6.36. The number of hydrogen-bond donors (Lipinski definition) is 3. The highest BCUT2D eigenvalue weighted by Crippen LogP contribution is 2.27. The van der Waals surface area contributed by atoms with Crippen LogP contribution in [-0.2, 0) is 0 Å². The highest BCUT2D eigenvalue weighted by molar-refractivity contribution is 6.31. The zero-order valence-electron chi connectivity index (χ0n) is 16.0. The number of benzene rings is 1. The molecule has 0 spiro atoms. The van der Waals surface area contributed by atoms with E-state index < -0.39 is 0 Å². The van der Waals surface area contributed by atoms with Crippen molar-refractivity contribution in [1.29, 1.82) is 0 Å². The van der Waals surface area contributed by atoms with Crippen LogP contribution in [0.3, 0.4) is 0 Å². The van der Waals surface area contributed by atoms with Gasteiger partial charge < -0.3 is 15.7 Å². The summed E-state index contributed by atoms with van der Waals surface area (Å²) in [7, 11) is 1.52. The second kappa shape index (κ2) is 8.75. The second-order valence-corrected chi connectivity index (χ2v) is 7.52. The average molecular weight is 405 g/mol. The maximum atomic E-state index is 13.0. The summed E-state index contributed by atoms with van der Waals surface area (Å²) in [5, 5.41) is 20.1. The molecule has 3 N–H and O–H groups in total. The van der Waals surface area contributed by atoms with Crippen LogP contribution in [0.2, 0.25) is 5.02 Å². The molecule has 0 bridgehead atoms. The fraction of sp³-hybridized carbons (Fsp3) is 0.450. The van der Waals surface area contributed by atoms with Crippen LogP contribution < -0.4 is 10.6 Å². The van der Waals surface area contributed by atoms with E-state index in [1.54, 1.807) is 10.7 Å². The first-order valence-electron chi connectivity index (χ1n) is 9.45. The van der Waals surface area contributed by atoms with E-state index in [1.807, 2.05) is 25.1 Å². The van der Waals surface area contributed by atoms with E-state index >= 15 is 0 Å². The third-order valence-corrected chi connectivity index (χ3v) is 5.53. The Morgan fingerprint density at radius 1 is 1.21 bits per heavy atom. The van der Waals surface area contributed by atoms with Gasteiger partial charge in [-0.05, 0) is 44.2 Å². The van der Waals surface area contributed by atoms with Crippen molar-refractivity contribution in [2.75, 3.05) is 7.05 Å². The van der Waals surface area contributed by atoms with Crippen LogP contribution in [0.4, 0.5) is 0 Å². The van der Waals surface area contributed by atoms with Crippen molar-refractivity contribution in [3.63, 3.8) is 0 Å². The monoisotopic (exact) mass is 404 g/mol. The normalized spacial score (nSPS) is 20.4. The Morgan fingerprint density at radius 3 is 2.54 bits per heavy atom. The summed E-state index contributed by atoms with van der Waals surface area (Å²) in [4.78, 5) is 25.0. The highest BCUT2D eigenvalue weighted by Gasteiger charge is 2.26. The molecule has 2 aromatic rings. The van der Waals surface area contributed by atoms with Crippen molar-refractivity contribution >= 4 is 23.4 Å². The van der Waals surface area contributed by atoms with Crippen LogP contribution in [0.1, 0.15) is 65.2 Å². The summed E-state index contributed by atoms with van der Waals surface area (Å²) in [6, 6.07) is 8.53. The molecule has 28 heavy (non-hydrogen) atoms. The predicted octanol–water partition coefficient (Wildman–Crippen LogP) is 2.54. The van der Waals surface area contributed by atoms with Gasteiger partial charge in [-0.15, -0.1) is 0 Å². The van der Waals surface area contributed by atoms with E-state index in [0.29, 0.717) is 23.6 Å². The zero-order valence-corrected chi connectivity index (χ0v) is 16.7. The third-order valence-electron chi connectivity index (χ3n) is 5.18. The number of hydrogen-bond acceptors (Lipinski definition) is 4. The van der Waals surface area contributed by atoms with Gasteiger partial charge in [-0.2, -0.15) is 5.10 Å². The van der Waals surface area contributed by atoms with Crippen LogP contribution in [0, 0.1) is 0 Å². The van der Waals surface area contributed by atoms with E-state index in [1.165, 1.54) is 13.1 Å². The highest BCUT2D eigenvalue weighted by atomic mass is 35.5. The van der Waals surface area contributed by atoms with Gasteiger partial charge in [-0.25, -0.2) is 0 Å². The lowest BCUT2D eigenvalue weighted by Crippen LogP contribution is -2.39. The quantitative estimate of drug-likeness (QED) is 0.713. The van der Waals surface area contributed by atoms with E-state index in [2.05, 4.69) is 15.7 Å². The molecule has 0 saturated heterocycles. The maximum absolute atomic E-state index is 13.0. The molecule has 0 radical (unpaired) electrons. The summed E-state index contributed by atoms with van der Waals surface area (Å²) in [6.07, 6.45) is 2.50. The number of carbonyl (C=O) groups is 2. The fourth-order valence-corrected chi connectivity index (χ4v) is 3.82. The molecule has 7 nitrogen and oxygen atoms in total. The predicted molar refractivity (Wildman–Crippen MR) is 107 cm³/mol. The molecule has 1 atom stereocenters. The topological polar surface area (TPSA) is 96.3 Å². The lowest BCUT2D eigenvalue weighted by molar-refractivity contribution is 0.0856. The molecule has 1 aromatic heterocycles. The van der Waals surface area contributed by atoms with Crippen molar-refractivity contribution in [3.05, 3.63) is 52.3 Å². The summed E-state index contributed by atoms with van der Waals surface area (Å²) in [5.41, 5.74) is 1.29. The molecule has 1 saturated carbocycles. The number of halogens is 1. The summed E-state index contributed by atoms with van der Waals surface area (Å²) in [6.45, 7) is 1.88. The molecule has 1 aliphatic rings. The molecule has 150 valence electrons. The van der Waals surface area contributed by atoms with Crippen molar-refractivity contribution in [1.82, 2.24) is 20.4 Å². The van der Waals surface area contributed by atoms with Gasteiger partial charge in [0.2, 0.25) is 0 Å². The minimum atomic E-state index is -0.361. The lowest BCUT2D eigenvalue weighted by atomic mass is 9.93. The molecule has 0 aliphatic heterocycles. The van der Waals surface area contributed by atoms with Gasteiger partial charge in [0, 0.05) is 24.2 Å². The van der Waals surface area contributed by atoms with Crippen LogP contribution in [0.15, 0.2) is 30.3 Å². The number of aliphatic hydroxyl groups is 1. The molecular weight excluding hydrogens is 380 g/mol. The molecule has 2 amide bonds. The Bertz CT molecular complexity index is 859. The van der Waals surface area contributed by atoms with E-state index in [9.17, 15) is 14.7 Å². The van der Waals surface area contributed by atoms with Crippen LogP contribution in [0.5, 0.6) is 0 Å². The van der Waals surface area contributed by atoms with Gasteiger partial charge >= 0.3 is 0 Å². The average Bonchev–Trinajstić information content (AvgIpc) is 3.14. The van der Waals surface area contributed by atoms with Crippen molar-refractivity contribution in [2.45, 2.75) is 50.8 Å². The molecule has 8 heteroatoms. The van der Waals surface area contributed by atoms with Gasteiger partial charge in [0.15, 0.2) is 5.69 Å². The van der Waals surface area contributed by atoms with Crippen molar-refractivity contribution in [3.8, 4) is 0 Å². The number of nitrogens with zero attached hydrogens (tertiary/aromatic N) is 2. The summed E-state index contributed by atoms with van der Waals surface area (Å²) in [5.74, 6) is -0.650. The lowest BCUT2D eigenvalue weighted by Gasteiger charge is -2.26. The first-order valence-corrected chi connectivity index (χ1v) is 9.83. The zero-order chi connectivity index (χ0) is 20.3. The SMILES string of the molecule is CNC(=O)c1cc(C(=O)NC2CCC(O)CC2)n([C@@H](C)c2ccccc2Cl)n1. The Balaban J connectivity index is 1.90. The second-order valence-electron chi connectivity index (χ2n) is 7.11. The Labute approximate surface area is 169 Å². The first kappa shape index (κ1) is 20.4. The minimum absolute atomic E-state index is 0.00155. The number of rotatable bonds is 5. The van der Waals surface area contributed by atoms with Gasteiger partial charge in [-0.3, -0.25) is 14.3 Å². The minimum Gasteiger partial charge on any atom is -0.393 e. The molecule has 1 heterocycles. The number of carbonyl (C=O) groups excluding carboxylic acids is 2. The molecular formula is C20H25ClN4O3. The fourth-order valence-electron chi connectivity index (χ4n) is 3.52. The van der Waals surface area contributed by atoms with Gasteiger partial charge in [-0.1, -0.05) is 29.8 Å². The van der Waals surface area contributed by atoms with E-state index in [-0.39, 0.29) is 35.7 Å². The standard InChI is InChI=1S/C20H25ClN4O3/c1-12(15-5-3-4-6-16(15)21)25-18(11-17(24-25)19(27)22-2)20(28)23-13-7-9-14(26)10-8-13/h3-6,11-14,26H,7-10H2,1-2H3,(H,22,27)(H,23,28)/t12-,13?,14?/m0/s1. The number of nitrogens with one attached hydrogen (secondary N) is 2. The van der Waals surface area contributed by atoms with E-state index in [4.69, 9.17) is 11.6 Å².